The van der Waals surface area contributed by atoms with Crippen molar-refractivity contribution in [3.8, 4) is 0 Å². The maximum atomic E-state index is 4.09. The summed E-state index contributed by atoms with van der Waals surface area (Å²) in [5.74, 6) is 0. The molecule has 0 aliphatic heterocycles. The van der Waals surface area contributed by atoms with E-state index in [1.54, 1.807) is 6.20 Å². The Balaban J connectivity index is 2.46. The first-order valence-electron chi connectivity index (χ1n) is 5.47. The van der Waals surface area contributed by atoms with Gasteiger partial charge in [-0.1, -0.05) is 17.7 Å². The summed E-state index contributed by atoms with van der Waals surface area (Å²) in [7, 11) is 2.00. The van der Waals surface area contributed by atoms with Crippen LogP contribution in [0.4, 0.5) is 0 Å². The predicted molar refractivity (Wildman–Crippen MR) is 65.6 cm³/mol. The summed E-state index contributed by atoms with van der Waals surface area (Å²) in [5, 5.41) is 3.24. The summed E-state index contributed by atoms with van der Waals surface area (Å²) < 4.78 is 0. The van der Waals surface area contributed by atoms with Gasteiger partial charge in [-0.25, -0.2) is 0 Å². The van der Waals surface area contributed by atoms with Crippen molar-refractivity contribution >= 4 is 6.08 Å². The van der Waals surface area contributed by atoms with Crippen LogP contribution in [0.3, 0.4) is 0 Å². The van der Waals surface area contributed by atoms with Crippen LogP contribution in [0.25, 0.3) is 6.08 Å². The molecule has 0 amide bonds. The highest BCUT2D eigenvalue weighted by Crippen LogP contribution is 2.11. The minimum absolute atomic E-state index is 0.585. The van der Waals surface area contributed by atoms with E-state index in [4.69, 9.17) is 0 Å². The summed E-state index contributed by atoms with van der Waals surface area (Å²) in [6.07, 6.45) is 8.21. The zero-order chi connectivity index (χ0) is 11.1. The molecule has 0 aromatic carbocycles. The molecule has 0 aliphatic rings. The Bertz CT molecular complexity index is 304. The molecule has 0 fully saturated rings. The summed E-state index contributed by atoms with van der Waals surface area (Å²) in [6.45, 7) is 4.38. The number of hydrogen-bond donors (Lipinski definition) is 1. The van der Waals surface area contributed by atoms with E-state index < -0.39 is 0 Å². The first-order valence-corrected chi connectivity index (χ1v) is 5.47. The highest BCUT2D eigenvalue weighted by Gasteiger charge is 1.98. The molecule has 0 aliphatic carbocycles. The average molecular weight is 204 g/mol. The van der Waals surface area contributed by atoms with Gasteiger partial charge in [0, 0.05) is 18.4 Å². The first kappa shape index (κ1) is 11.9. The molecule has 0 radical (unpaired) electrons. The molecule has 0 saturated heterocycles. The van der Waals surface area contributed by atoms with E-state index in [1.165, 1.54) is 17.6 Å². The van der Waals surface area contributed by atoms with Crippen LogP contribution >= 0.6 is 0 Å². The Labute approximate surface area is 92.4 Å². The van der Waals surface area contributed by atoms with Crippen molar-refractivity contribution in [2.45, 2.75) is 32.7 Å². The van der Waals surface area contributed by atoms with Crippen molar-refractivity contribution in [2.75, 3.05) is 7.05 Å². The van der Waals surface area contributed by atoms with E-state index >= 15 is 0 Å². The van der Waals surface area contributed by atoms with Gasteiger partial charge < -0.3 is 5.32 Å². The third kappa shape index (κ3) is 4.75. The van der Waals surface area contributed by atoms with Gasteiger partial charge in [0.25, 0.3) is 0 Å². The number of aromatic nitrogens is 1. The summed E-state index contributed by atoms with van der Waals surface area (Å²) in [5.41, 5.74) is 2.59. The van der Waals surface area contributed by atoms with Crippen molar-refractivity contribution in [3.63, 3.8) is 0 Å². The molecular weight excluding hydrogens is 184 g/mol. The molecule has 0 saturated carbocycles. The van der Waals surface area contributed by atoms with Gasteiger partial charge in [-0.2, -0.15) is 0 Å². The number of nitrogens with zero attached hydrogens (tertiary/aromatic N) is 1. The molecular formula is C13H20N2. The molecule has 2 nitrogen and oxygen atoms in total. The summed E-state index contributed by atoms with van der Waals surface area (Å²) in [6, 6.07) is 4.63. The molecule has 82 valence electrons. The molecule has 1 rings (SSSR count). The second-order valence-electron chi connectivity index (χ2n) is 4.01. The second kappa shape index (κ2) is 6.36. The lowest BCUT2D eigenvalue weighted by molar-refractivity contribution is 0.564. The SMILES string of the molecule is CNC(C)CC/C(C)=C\c1cccnc1. The molecule has 1 aromatic rings. The van der Waals surface area contributed by atoms with Crippen LogP contribution in [-0.2, 0) is 0 Å². The van der Waals surface area contributed by atoms with Crippen molar-refractivity contribution in [1.29, 1.82) is 0 Å². The highest BCUT2D eigenvalue weighted by atomic mass is 14.8. The Morgan fingerprint density at radius 3 is 3.00 bits per heavy atom. The zero-order valence-electron chi connectivity index (χ0n) is 9.83. The summed E-state index contributed by atoms with van der Waals surface area (Å²) in [4.78, 5) is 4.09. The summed E-state index contributed by atoms with van der Waals surface area (Å²) >= 11 is 0. The smallest absolute Gasteiger partial charge is 0.0340 e. The van der Waals surface area contributed by atoms with Gasteiger partial charge >= 0.3 is 0 Å². The number of pyridine rings is 1. The van der Waals surface area contributed by atoms with Crippen LogP contribution in [-0.4, -0.2) is 18.1 Å². The highest BCUT2D eigenvalue weighted by molar-refractivity contribution is 5.50. The van der Waals surface area contributed by atoms with E-state index in [0.29, 0.717) is 6.04 Å². The molecule has 1 heterocycles. The van der Waals surface area contributed by atoms with Crippen LogP contribution in [0.5, 0.6) is 0 Å². The number of hydrogen-bond acceptors (Lipinski definition) is 2. The third-order valence-corrected chi connectivity index (χ3v) is 2.56. The van der Waals surface area contributed by atoms with Crippen LogP contribution in [0.15, 0.2) is 30.1 Å². The molecule has 0 spiro atoms. The van der Waals surface area contributed by atoms with Gasteiger partial charge in [0.15, 0.2) is 0 Å². The lowest BCUT2D eigenvalue weighted by Crippen LogP contribution is -2.20. The Morgan fingerprint density at radius 1 is 1.60 bits per heavy atom. The van der Waals surface area contributed by atoms with Gasteiger partial charge in [-0.05, 0) is 45.4 Å². The Morgan fingerprint density at radius 2 is 2.40 bits per heavy atom. The normalized spacial score (nSPS) is 13.9. The number of rotatable bonds is 5. The van der Waals surface area contributed by atoms with Gasteiger partial charge in [0.1, 0.15) is 0 Å². The van der Waals surface area contributed by atoms with Gasteiger partial charge in [0.2, 0.25) is 0 Å². The largest absolute Gasteiger partial charge is 0.317 e. The van der Waals surface area contributed by atoms with E-state index in [2.05, 4.69) is 36.3 Å². The quantitative estimate of drug-likeness (QED) is 0.797. The van der Waals surface area contributed by atoms with Gasteiger partial charge in [-0.15, -0.1) is 0 Å². The second-order valence-corrected chi connectivity index (χ2v) is 4.01. The zero-order valence-corrected chi connectivity index (χ0v) is 9.83. The molecule has 1 N–H and O–H groups in total. The predicted octanol–water partition coefficient (Wildman–Crippen LogP) is 2.87. The molecule has 2 heteroatoms. The van der Waals surface area contributed by atoms with Gasteiger partial charge in [-0.3, -0.25) is 4.98 Å². The third-order valence-electron chi connectivity index (χ3n) is 2.56. The van der Waals surface area contributed by atoms with E-state index in [1.807, 2.05) is 19.3 Å². The molecule has 15 heavy (non-hydrogen) atoms. The van der Waals surface area contributed by atoms with Crippen molar-refractivity contribution < 1.29 is 0 Å². The lowest BCUT2D eigenvalue weighted by atomic mass is 10.1. The maximum absolute atomic E-state index is 4.09. The average Bonchev–Trinajstić information content (AvgIpc) is 2.27. The topological polar surface area (TPSA) is 24.9 Å². The van der Waals surface area contributed by atoms with E-state index in [0.717, 1.165) is 6.42 Å². The van der Waals surface area contributed by atoms with Crippen LogP contribution in [0.2, 0.25) is 0 Å². The minimum atomic E-state index is 0.585. The van der Waals surface area contributed by atoms with Crippen molar-refractivity contribution in [2.24, 2.45) is 0 Å². The number of allylic oxidation sites excluding steroid dienone is 1. The van der Waals surface area contributed by atoms with Crippen molar-refractivity contribution in [1.82, 2.24) is 10.3 Å². The fourth-order valence-electron chi connectivity index (χ4n) is 1.41. The number of nitrogens with one attached hydrogen (secondary N) is 1. The lowest BCUT2D eigenvalue weighted by Gasteiger charge is -2.09. The standard InChI is InChI=1S/C13H20N2/c1-11(6-7-12(2)14-3)9-13-5-4-8-15-10-13/h4-5,8-10,12,14H,6-7H2,1-3H3/b11-9-. The Kier molecular flexibility index (Phi) is 5.05. The van der Waals surface area contributed by atoms with Crippen molar-refractivity contribution in [3.05, 3.63) is 35.7 Å². The first-order chi connectivity index (χ1) is 7.22. The Hall–Kier alpha value is -1.15. The maximum Gasteiger partial charge on any atom is 0.0340 e. The molecule has 0 bridgehead atoms. The van der Waals surface area contributed by atoms with Crippen LogP contribution < -0.4 is 5.32 Å². The van der Waals surface area contributed by atoms with E-state index in [9.17, 15) is 0 Å². The molecule has 1 unspecified atom stereocenters. The van der Waals surface area contributed by atoms with Gasteiger partial charge in [0.05, 0.1) is 0 Å². The fraction of sp³-hybridized carbons (Fsp3) is 0.462. The van der Waals surface area contributed by atoms with Crippen LogP contribution in [0, 0.1) is 0 Å². The monoisotopic (exact) mass is 204 g/mol. The molecule has 1 atom stereocenters. The van der Waals surface area contributed by atoms with Crippen LogP contribution in [0.1, 0.15) is 32.3 Å². The minimum Gasteiger partial charge on any atom is -0.317 e. The molecule has 1 aromatic heterocycles. The fourth-order valence-corrected chi connectivity index (χ4v) is 1.41. The van der Waals surface area contributed by atoms with E-state index in [-0.39, 0.29) is 0 Å².